The van der Waals surface area contributed by atoms with Gasteiger partial charge in [-0.2, -0.15) is 0 Å². The van der Waals surface area contributed by atoms with E-state index in [1.165, 1.54) is 7.11 Å². The van der Waals surface area contributed by atoms with Crippen LogP contribution >= 0.6 is 0 Å². The lowest BCUT2D eigenvalue weighted by molar-refractivity contribution is 0.311. The third-order valence-corrected chi connectivity index (χ3v) is 4.72. The molecule has 0 unspecified atom stereocenters. The predicted octanol–water partition coefficient (Wildman–Crippen LogP) is 2.10. The van der Waals surface area contributed by atoms with E-state index in [1.54, 1.807) is 25.1 Å². The van der Waals surface area contributed by atoms with Crippen molar-refractivity contribution in [1.29, 1.82) is 0 Å². The van der Waals surface area contributed by atoms with Crippen LogP contribution in [-0.4, -0.2) is 44.6 Å². The Morgan fingerprint density at radius 3 is 2.57 bits per heavy atom. The molecule has 1 aromatic carbocycles. The number of nitrogens with zero attached hydrogens (tertiary/aromatic N) is 1. The molecule has 0 aromatic heterocycles. The van der Waals surface area contributed by atoms with Gasteiger partial charge in [0.2, 0.25) is 0 Å². The van der Waals surface area contributed by atoms with E-state index < -0.39 is 9.84 Å². The first-order valence-electron chi connectivity index (χ1n) is 6.63. The Morgan fingerprint density at radius 1 is 1.29 bits per heavy atom. The van der Waals surface area contributed by atoms with E-state index in [2.05, 4.69) is 5.16 Å². The van der Waals surface area contributed by atoms with Gasteiger partial charge in [0.1, 0.15) is 6.61 Å². The van der Waals surface area contributed by atoms with Gasteiger partial charge in [-0.25, -0.2) is 8.42 Å². The van der Waals surface area contributed by atoms with Gasteiger partial charge in [0.05, 0.1) is 24.3 Å². The third kappa shape index (κ3) is 5.26. The predicted molar refractivity (Wildman–Crippen MR) is 81.4 cm³/mol. The topological polar surface area (TPSA) is 85.2 Å². The Morgan fingerprint density at radius 2 is 2.00 bits per heavy atom. The number of benzene rings is 1. The van der Waals surface area contributed by atoms with Crippen LogP contribution < -0.4 is 9.47 Å². The molecular formula is C14H21NO5S. The minimum absolute atomic E-state index is 0.0249. The fraction of sp³-hybridized carbons (Fsp3) is 0.500. The quantitative estimate of drug-likeness (QED) is 0.451. The van der Waals surface area contributed by atoms with E-state index in [9.17, 15) is 8.42 Å². The van der Waals surface area contributed by atoms with E-state index >= 15 is 0 Å². The van der Waals surface area contributed by atoms with Crippen molar-refractivity contribution >= 4 is 15.5 Å². The summed E-state index contributed by atoms with van der Waals surface area (Å²) in [6.45, 7) is 3.56. The first-order chi connectivity index (χ1) is 9.93. The lowest BCUT2D eigenvalue weighted by Crippen LogP contribution is -2.17. The molecule has 0 heterocycles. The zero-order valence-corrected chi connectivity index (χ0v) is 13.3. The number of methoxy groups -OCH3 is 1. The lowest BCUT2D eigenvalue weighted by Gasteiger charge is -2.12. The van der Waals surface area contributed by atoms with Crippen LogP contribution in [0.1, 0.15) is 25.8 Å². The van der Waals surface area contributed by atoms with Crippen molar-refractivity contribution in [2.75, 3.05) is 25.2 Å². The highest BCUT2D eigenvalue weighted by atomic mass is 32.2. The highest BCUT2D eigenvalue weighted by molar-refractivity contribution is 7.91. The largest absolute Gasteiger partial charge is 0.493 e. The van der Waals surface area contributed by atoms with Gasteiger partial charge in [0.25, 0.3) is 0 Å². The highest BCUT2D eigenvalue weighted by Gasteiger charge is 2.12. The molecule has 0 radical (unpaired) electrons. The molecule has 0 atom stereocenters. The van der Waals surface area contributed by atoms with Gasteiger partial charge in [-0.1, -0.05) is 12.1 Å². The SMILES string of the molecule is CCCS(=O)(=O)CCOc1ccc(/C(C)=N/O)cc1OC. The van der Waals surface area contributed by atoms with Crippen LogP contribution in [0.25, 0.3) is 0 Å². The van der Waals surface area contributed by atoms with Crippen molar-refractivity contribution in [3.63, 3.8) is 0 Å². The summed E-state index contributed by atoms with van der Waals surface area (Å²) in [6.07, 6.45) is 0.597. The minimum atomic E-state index is -3.06. The normalized spacial score (nSPS) is 12.2. The second kappa shape index (κ2) is 7.87. The molecule has 118 valence electrons. The number of oxime groups is 1. The molecule has 0 fully saturated rings. The van der Waals surface area contributed by atoms with Crippen LogP contribution in [0.2, 0.25) is 0 Å². The fourth-order valence-corrected chi connectivity index (χ4v) is 2.92. The van der Waals surface area contributed by atoms with Crippen molar-refractivity contribution in [1.82, 2.24) is 0 Å². The Hall–Kier alpha value is -1.76. The average molecular weight is 315 g/mol. The number of hydrogen-bond acceptors (Lipinski definition) is 6. The standard InChI is InChI=1S/C14H21NO5S/c1-4-8-21(17,18)9-7-20-13-6-5-12(11(2)15-16)10-14(13)19-3/h5-6,10,16H,4,7-9H2,1-3H3/b15-11+. The Kier molecular flexibility index (Phi) is 6.48. The maximum absolute atomic E-state index is 11.6. The molecule has 1 rings (SSSR count). The molecular weight excluding hydrogens is 294 g/mol. The Bertz CT molecular complexity index is 595. The summed E-state index contributed by atoms with van der Waals surface area (Å²) in [5, 5.41) is 11.9. The summed E-state index contributed by atoms with van der Waals surface area (Å²) < 4.78 is 33.9. The van der Waals surface area contributed by atoms with Crippen molar-refractivity contribution in [2.24, 2.45) is 5.16 Å². The second-order valence-corrected chi connectivity index (χ2v) is 6.85. The van der Waals surface area contributed by atoms with Gasteiger partial charge in [-0.15, -0.1) is 0 Å². The molecule has 1 N–H and O–H groups in total. The van der Waals surface area contributed by atoms with E-state index in [1.807, 2.05) is 6.92 Å². The van der Waals surface area contributed by atoms with Crippen molar-refractivity contribution in [2.45, 2.75) is 20.3 Å². The Labute approximate surface area is 125 Å². The van der Waals surface area contributed by atoms with Gasteiger partial charge in [0.15, 0.2) is 21.3 Å². The fourth-order valence-electron chi connectivity index (χ4n) is 1.76. The van der Waals surface area contributed by atoms with E-state index in [-0.39, 0.29) is 18.1 Å². The van der Waals surface area contributed by atoms with Crippen LogP contribution in [0.3, 0.4) is 0 Å². The molecule has 0 saturated carbocycles. The number of ether oxygens (including phenoxy) is 2. The summed E-state index contributed by atoms with van der Waals surface area (Å²) >= 11 is 0. The van der Waals surface area contributed by atoms with Crippen LogP contribution in [0.4, 0.5) is 0 Å². The monoisotopic (exact) mass is 315 g/mol. The van der Waals surface area contributed by atoms with Crippen molar-refractivity contribution in [3.05, 3.63) is 23.8 Å². The number of rotatable bonds is 8. The van der Waals surface area contributed by atoms with E-state index in [0.29, 0.717) is 29.2 Å². The van der Waals surface area contributed by atoms with Gasteiger partial charge < -0.3 is 14.7 Å². The number of sulfone groups is 1. The molecule has 0 bridgehead atoms. The first kappa shape index (κ1) is 17.3. The van der Waals surface area contributed by atoms with Gasteiger partial charge in [0, 0.05) is 5.56 Å². The molecule has 0 aliphatic rings. The summed E-state index contributed by atoms with van der Waals surface area (Å²) in [4.78, 5) is 0. The summed E-state index contributed by atoms with van der Waals surface area (Å²) in [5.74, 6) is 1.06. The molecule has 0 amide bonds. The van der Waals surface area contributed by atoms with E-state index in [4.69, 9.17) is 14.7 Å². The van der Waals surface area contributed by atoms with Gasteiger partial charge in [-0.3, -0.25) is 0 Å². The average Bonchev–Trinajstić information content (AvgIpc) is 2.46. The van der Waals surface area contributed by atoms with E-state index in [0.717, 1.165) is 0 Å². The van der Waals surface area contributed by atoms with Crippen LogP contribution in [0.5, 0.6) is 11.5 Å². The highest BCUT2D eigenvalue weighted by Crippen LogP contribution is 2.28. The summed E-state index contributed by atoms with van der Waals surface area (Å²) in [6, 6.07) is 5.05. The minimum Gasteiger partial charge on any atom is -0.493 e. The smallest absolute Gasteiger partial charge is 0.161 e. The summed E-state index contributed by atoms with van der Waals surface area (Å²) in [5.41, 5.74) is 1.14. The molecule has 1 aromatic rings. The molecule has 7 heteroatoms. The second-order valence-electron chi connectivity index (χ2n) is 4.55. The third-order valence-electron chi connectivity index (χ3n) is 2.90. The Balaban J connectivity index is 2.76. The molecule has 0 saturated heterocycles. The first-order valence-corrected chi connectivity index (χ1v) is 8.46. The maximum Gasteiger partial charge on any atom is 0.161 e. The zero-order valence-electron chi connectivity index (χ0n) is 12.5. The van der Waals surface area contributed by atoms with Crippen LogP contribution in [-0.2, 0) is 9.84 Å². The lowest BCUT2D eigenvalue weighted by atomic mass is 10.1. The van der Waals surface area contributed by atoms with Crippen LogP contribution in [0.15, 0.2) is 23.4 Å². The molecule has 0 spiro atoms. The zero-order chi connectivity index (χ0) is 15.9. The van der Waals surface area contributed by atoms with Crippen LogP contribution in [0, 0.1) is 0 Å². The number of hydrogen-bond donors (Lipinski definition) is 1. The molecule has 0 aliphatic heterocycles. The molecule has 6 nitrogen and oxygen atoms in total. The van der Waals surface area contributed by atoms with Crippen molar-refractivity contribution < 1.29 is 23.1 Å². The van der Waals surface area contributed by atoms with Gasteiger partial charge >= 0.3 is 0 Å². The molecule has 0 aliphatic carbocycles. The molecule has 21 heavy (non-hydrogen) atoms. The summed E-state index contributed by atoms with van der Waals surface area (Å²) in [7, 11) is -1.57. The van der Waals surface area contributed by atoms with Crippen molar-refractivity contribution in [3.8, 4) is 11.5 Å². The maximum atomic E-state index is 11.6. The van der Waals surface area contributed by atoms with Gasteiger partial charge in [-0.05, 0) is 31.5 Å².